The number of fused-ring (bicyclic) bond motifs is 1. The maximum atomic E-state index is 12.8. The molecular weight excluding hydrogens is 286 g/mol. The Balaban J connectivity index is 1.81. The number of nitrogens with one attached hydrogen (secondary N) is 1. The van der Waals surface area contributed by atoms with Gasteiger partial charge in [-0.25, -0.2) is 4.79 Å². The topological polar surface area (TPSA) is 37.3 Å². The summed E-state index contributed by atoms with van der Waals surface area (Å²) in [6, 6.07) is 10.5. The SMILES string of the molecule is CCC[C@H]1c2cccn2CCN1C(=O)Nc1ccc(C)cc1C. The number of carbonyl (C=O) groups is 1. The summed E-state index contributed by atoms with van der Waals surface area (Å²) in [7, 11) is 0. The van der Waals surface area contributed by atoms with Crippen LogP contribution in [0.4, 0.5) is 10.5 Å². The lowest BCUT2D eigenvalue weighted by atomic mass is 10.0. The van der Waals surface area contributed by atoms with Gasteiger partial charge in [0.1, 0.15) is 0 Å². The van der Waals surface area contributed by atoms with Gasteiger partial charge in [-0.2, -0.15) is 0 Å². The number of urea groups is 1. The molecule has 1 aromatic carbocycles. The van der Waals surface area contributed by atoms with Gasteiger partial charge in [0.25, 0.3) is 0 Å². The maximum absolute atomic E-state index is 12.8. The van der Waals surface area contributed by atoms with Crippen LogP contribution in [-0.4, -0.2) is 22.0 Å². The Morgan fingerprint density at radius 1 is 1.26 bits per heavy atom. The molecule has 0 saturated heterocycles. The zero-order valence-electron chi connectivity index (χ0n) is 14.2. The first kappa shape index (κ1) is 15.7. The van der Waals surface area contributed by atoms with Crippen molar-refractivity contribution in [2.24, 2.45) is 0 Å². The molecule has 2 aromatic rings. The van der Waals surface area contributed by atoms with E-state index in [1.54, 1.807) is 0 Å². The van der Waals surface area contributed by atoms with Crippen molar-refractivity contribution >= 4 is 11.7 Å². The Bertz CT molecular complexity index is 704. The summed E-state index contributed by atoms with van der Waals surface area (Å²) < 4.78 is 2.27. The van der Waals surface area contributed by atoms with Gasteiger partial charge in [-0.15, -0.1) is 0 Å². The van der Waals surface area contributed by atoms with Crippen LogP contribution in [0.25, 0.3) is 0 Å². The summed E-state index contributed by atoms with van der Waals surface area (Å²) >= 11 is 0. The molecule has 0 saturated carbocycles. The quantitative estimate of drug-likeness (QED) is 0.890. The largest absolute Gasteiger partial charge is 0.348 e. The molecule has 4 nitrogen and oxygen atoms in total. The Morgan fingerprint density at radius 3 is 2.83 bits per heavy atom. The minimum absolute atomic E-state index is 0.00264. The molecule has 23 heavy (non-hydrogen) atoms. The molecule has 122 valence electrons. The number of aryl methyl sites for hydroxylation is 2. The van der Waals surface area contributed by atoms with Crippen LogP contribution in [0.5, 0.6) is 0 Å². The third-order valence-electron chi connectivity index (χ3n) is 4.61. The molecule has 1 aromatic heterocycles. The molecule has 0 radical (unpaired) electrons. The molecule has 1 atom stereocenters. The number of carbonyl (C=O) groups excluding carboxylic acids is 1. The Hall–Kier alpha value is -2.23. The fourth-order valence-electron chi connectivity index (χ4n) is 3.43. The van der Waals surface area contributed by atoms with Gasteiger partial charge in [0, 0.05) is 30.7 Å². The lowest BCUT2D eigenvalue weighted by molar-refractivity contribution is 0.163. The van der Waals surface area contributed by atoms with Crippen LogP contribution in [0.2, 0.25) is 0 Å². The number of nitrogens with zero attached hydrogens (tertiary/aromatic N) is 2. The minimum atomic E-state index is 0.00264. The highest BCUT2D eigenvalue weighted by Crippen LogP contribution is 2.30. The van der Waals surface area contributed by atoms with Crippen molar-refractivity contribution in [1.29, 1.82) is 0 Å². The van der Waals surface area contributed by atoms with E-state index in [0.717, 1.165) is 37.2 Å². The van der Waals surface area contributed by atoms with Crippen molar-refractivity contribution in [3.05, 3.63) is 53.3 Å². The fraction of sp³-hybridized carbons (Fsp3) is 0.421. The summed E-state index contributed by atoms with van der Waals surface area (Å²) in [6.07, 6.45) is 4.16. The van der Waals surface area contributed by atoms with Crippen LogP contribution < -0.4 is 5.32 Å². The number of rotatable bonds is 3. The summed E-state index contributed by atoms with van der Waals surface area (Å²) in [5.74, 6) is 0. The molecule has 1 aliphatic heterocycles. The summed E-state index contributed by atoms with van der Waals surface area (Å²) in [5, 5.41) is 3.10. The van der Waals surface area contributed by atoms with Crippen molar-refractivity contribution < 1.29 is 4.79 Å². The second-order valence-corrected chi connectivity index (χ2v) is 6.37. The molecule has 2 heterocycles. The predicted octanol–water partition coefficient (Wildman–Crippen LogP) is 4.49. The highest BCUT2D eigenvalue weighted by Gasteiger charge is 2.30. The molecule has 2 amide bonds. The van der Waals surface area contributed by atoms with Crippen LogP contribution in [0, 0.1) is 13.8 Å². The zero-order valence-corrected chi connectivity index (χ0v) is 14.2. The molecule has 0 spiro atoms. The van der Waals surface area contributed by atoms with Gasteiger partial charge in [0.15, 0.2) is 0 Å². The molecule has 0 fully saturated rings. The maximum Gasteiger partial charge on any atom is 0.322 e. The standard InChI is InChI=1S/C19H25N3O/c1-4-6-18-17-7-5-10-21(17)11-12-22(18)19(23)20-16-9-8-14(2)13-15(16)3/h5,7-10,13,18H,4,6,11-12H2,1-3H3,(H,20,23)/t18-/m0/s1. The van der Waals surface area contributed by atoms with Crippen LogP contribution in [0.3, 0.4) is 0 Å². The highest BCUT2D eigenvalue weighted by atomic mass is 16.2. The molecule has 1 N–H and O–H groups in total. The Labute approximate surface area is 138 Å². The van der Waals surface area contributed by atoms with E-state index < -0.39 is 0 Å². The van der Waals surface area contributed by atoms with Gasteiger partial charge in [0.2, 0.25) is 0 Å². The van der Waals surface area contributed by atoms with E-state index in [1.165, 1.54) is 11.3 Å². The number of benzene rings is 1. The second kappa shape index (κ2) is 6.49. The number of hydrogen-bond donors (Lipinski definition) is 1. The first-order valence-electron chi connectivity index (χ1n) is 8.40. The van der Waals surface area contributed by atoms with Gasteiger partial charge in [-0.3, -0.25) is 0 Å². The van der Waals surface area contributed by atoms with Crippen molar-refractivity contribution in [1.82, 2.24) is 9.47 Å². The summed E-state index contributed by atoms with van der Waals surface area (Å²) in [4.78, 5) is 14.8. The van der Waals surface area contributed by atoms with E-state index in [1.807, 2.05) is 24.0 Å². The van der Waals surface area contributed by atoms with Crippen molar-refractivity contribution in [3.63, 3.8) is 0 Å². The average molecular weight is 311 g/mol. The van der Waals surface area contributed by atoms with E-state index in [9.17, 15) is 4.79 Å². The fourth-order valence-corrected chi connectivity index (χ4v) is 3.43. The first-order valence-corrected chi connectivity index (χ1v) is 8.40. The lowest BCUT2D eigenvalue weighted by Crippen LogP contribution is -2.44. The van der Waals surface area contributed by atoms with Gasteiger partial charge in [-0.1, -0.05) is 31.0 Å². The van der Waals surface area contributed by atoms with E-state index >= 15 is 0 Å². The number of anilines is 1. The van der Waals surface area contributed by atoms with Gasteiger partial charge in [-0.05, 0) is 44.0 Å². The molecular formula is C19H25N3O. The molecule has 0 unspecified atom stereocenters. The van der Waals surface area contributed by atoms with E-state index in [4.69, 9.17) is 0 Å². The predicted molar refractivity (Wildman–Crippen MR) is 93.7 cm³/mol. The van der Waals surface area contributed by atoms with Gasteiger partial charge >= 0.3 is 6.03 Å². The molecule has 0 bridgehead atoms. The van der Waals surface area contributed by atoms with Crippen molar-refractivity contribution in [2.45, 2.75) is 46.2 Å². The lowest BCUT2D eigenvalue weighted by Gasteiger charge is -2.37. The second-order valence-electron chi connectivity index (χ2n) is 6.37. The molecule has 0 aliphatic carbocycles. The number of aromatic nitrogens is 1. The Kier molecular flexibility index (Phi) is 4.42. The highest BCUT2D eigenvalue weighted by molar-refractivity contribution is 5.90. The van der Waals surface area contributed by atoms with Crippen molar-refractivity contribution in [2.75, 3.05) is 11.9 Å². The van der Waals surface area contributed by atoms with Gasteiger partial charge < -0.3 is 14.8 Å². The first-order chi connectivity index (χ1) is 11.1. The zero-order chi connectivity index (χ0) is 16.4. The van der Waals surface area contributed by atoms with E-state index in [2.05, 4.69) is 48.1 Å². The van der Waals surface area contributed by atoms with Crippen molar-refractivity contribution in [3.8, 4) is 0 Å². The summed E-state index contributed by atoms with van der Waals surface area (Å²) in [6.45, 7) is 7.89. The van der Waals surface area contributed by atoms with Crippen LogP contribution in [-0.2, 0) is 6.54 Å². The van der Waals surface area contributed by atoms with E-state index in [0.29, 0.717) is 0 Å². The monoisotopic (exact) mass is 311 g/mol. The smallest absolute Gasteiger partial charge is 0.322 e. The van der Waals surface area contributed by atoms with E-state index in [-0.39, 0.29) is 12.1 Å². The number of hydrogen-bond acceptors (Lipinski definition) is 1. The van der Waals surface area contributed by atoms with Gasteiger partial charge in [0.05, 0.1) is 6.04 Å². The Morgan fingerprint density at radius 2 is 2.09 bits per heavy atom. The third-order valence-corrected chi connectivity index (χ3v) is 4.61. The van der Waals surface area contributed by atoms with Crippen LogP contribution >= 0.6 is 0 Å². The number of amides is 2. The summed E-state index contributed by atoms with van der Waals surface area (Å²) in [5.41, 5.74) is 4.46. The third kappa shape index (κ3) is 3.11. The molecule has 3 rings (SSSR count). The molecule has 4 heteroatoms. The van der Waals surface area contributed by atoms with Crippen LogP contribution in [0.1, 0.15) is 42.6 Å². The molecule has 1 aliphatic rings. The average Bonchev–Trinajstić information content (AvgIpc) is 2.99. The normalized spacial score (nSPS) is 17.0. The van der Waals surface area contributed by atoms with Crippen LogP contribution in [0.15, 0.2) is 36.5 Å². The minimum Gasteiger partial charge on any atom is -0.348 e.